The van der Waals surface area contributed by atoms with Crippen LogP contribution in [-0.4, -0.2) is 413 Å². The van der Waals surface area contributed by atoms with Crippen molar-refractivity contribution in [3.63, 3.8) is 0 Å². The van der Waals surface area contributed by atoms with Crippen LogP contribution >= 0.6 is 0 Å². The van der Waals surface area contributed by atoms with Gasteiger partial charge in [-0.05, 0) is 12.8 Å². The molecule has 8 fully saturated rings. The molecule has 590 valence electrons. The molecule has 8 rings (SSSR count). The number of alkyl halides is 3. The summed E-state index contributed by atoms with van der Waals surface area (Å²) in [5, 5.41) is 191. The van der Waals surface area contributed by atoms with Gasteiger partial charge in [0.25, 0.3) is 17.7 Å². The van der Waals surface area contributed by atoms with Gasteiger partial charge in [-0.25, -0.2) is 13.2 Å². The highest BCUT2D eigenvalue weighted by atomic mass is 19.3. The molecule has 2 amide bonds. The zero-order valence-electron chi connectivity index (χ0n) is 53.9. The quantitative estimate of drug-likeness (QED) is 0.0382. The Kier molecular flexibility index (Phi) is 31.1. The fourth-order valence-corrected chi connectivity index (χ4v) is 12.7. The van der Waals surface area contributed by atoms with E-state index in [1.54, 1.807) is 0 Å². The summed E-state index contributed by atoms with van der Waals surface area (Å²) >= 11 is 0. The minimum absolute atomic E-state index is 0.235. The fourth-order valence-electron chi connectivity index (χ4n) is 12.7. The van der Waals surface area contributed by atoms with E-state index >= 15 is 0 Å². The number of rotatable bonds is 26. The van der Waals surface area contributed by atoms with Crippen molar-refractivity contribution in [3.8, 4) is 0 Å². The van der Waals surface area contributed by atoms with Gasteiger partial charge in [0.15, 0.2) is 49.9 Å². The molecule has 101 heavy (non-hydrogen) atoms. The molecule has 8 aliphatic rings. The van der Waals surface area contributed by atoms with Gasteiger partial charge in [-0.1, -0.05) is 0 Å². The Hall–Kier alpha value is -2.87. The van der Waals surface area contributed by atoms with Gasteiger partial charge in [0, 0.05) is 31.7 Å². The van der Waals surface area contributed by atoms with Crippen LogP contribution in [0.5, 0.6) is 0 Å². The van der Waals surface area contributed by atoms with Gasteiger partial charge in [-0.2, -0.15) is 0 Å². The summed E-state index contributed by atoms with van der Waals surface area (Å²) in [5.74, 6) is -6.91. The predicted molar refractivity (Wildman–Crippen MR) is 321 cm³/mol. The van der Waals surface area contributed by atoms with Crippen molar-refractivity contribution in [1.82, 2.24) is 10.6 Å². The Morgan fingerprint density at radius 1 is 0.406 bits per heavy atom. The first kappa shape index (κ1) is 85.4. The van der Waals surface area contributed by atoms with Crippen LogP contribution in [0.1, 0.15) is 12.8 Å². The molecule has 47 heteroatoms. The molecule has 0 aromatic heterocycles. The third-order valence-corrected chi connectivity index (χ3v) is 19.0. The summed E-state index contributed by atoms with van der Waals surface area (Å²) in [6.07, 6.45) is -54.8. The van der Waals surface area contributed by atoms with E-state index in [1.165, 1.54) is 0 Å². The molecule has 0 aromatic carbocycles. The van der Waals surface area contributed by atoms with Crippen molar-refractivity contribution in [2.75, 3.05) is 52.6 Å². The highest BCUT2D eigenvalue weighted by molar-refractivity contribution is 5.82. The third-order valence-electron chi connectivity index (χ3n) is 19.0. The number of halogens is 3. The summed E-state index contributed by atoms with van der Waals surface area (Å²) in [6, 6.07) is -10.9. The molecule has 2 aliphatic carbocycles. The summed E-state index contributed by atoms with van der Waals surface area (Å²) < 4.78 is 111. The number of nitrogens with one attached hydrogen (secondary N) is 2. The van der Waals surface area contributed by atoms with Crippen LogP contribution in [0.4, 0.5) is 13.2 Å². The Morgan fingerprint density at radius 2 is 0.693 bits per heavy atom. The minimum Gasteiger partial charge on any atom is -0.394 e. The lowest BCUT2D eigenvalue weighted by molar-refractivity contribution is -0.311. The SMILES string of the molecule is NC[C@@H]1O[C@H](O[C@H]2[C@@H](O)[C@H](O[C@@H]3[C@@H](O)[C@H](NC(=O)C(O)[C@@H](F)CN)C[C@H](N)[C@H]3O[C@H]3O[C@H](CO)[C@@H](O)[C@H](O)[C@H]3N)O[C@@H]2CO)[C@H](N)[C@@H](O)[C@@H]1O.NC[C@@H]1O[C@H](O[C@H]2[C@@H](O)[C@H](O[C@@H]3[C@@H](O)[C@H](NC(=O)[C@@H](O)C(F)(F)CN)C[C@H](N)[C@H]3O[C@H]3O[C@H](CO)[C@@H](O)[C@H](O)[C@H]3N)O[C@@H]2CO)[C@H](N)[C@@H](O)[C@@H]1O. The number of hydrogen-bond acceptors (Lipinski definition) is 42. The number of carbonyl (C=O) groups excluding carboxylic acids is 2. The summed E-state index contributed by atoms with van der Waals surface area (Å²) in [4.78, 5) is 25.2. The van der Waals surface area contributed by atoms with Crippen LogP contribution in [0.25, 0.3) is 0 Å². The molecule has 41 atom stereocenters. The van der Waals surface area contributed by atoms with Gasteiger partial charge in [0.2, 0.25) is 0 Å². The standard InChI is InChI=1S/C27H50F2N6O16.C27H51FN6O16/c28-27(29,5-31)22(44)23(45)35-7-1-6(32)19(49-25-12(34)17(42)15(40)9(3-36)47-25)21(13(7)38)51-26-18(43)20(10(4-37)48-26)50-24-11(33)16(41)14(39)8(2-30)46-24;28-6(2-29)14(37)24(44)34-8-1-7(31)21(48-26-13(33)19(42)17(40)10(4-35)46-26)23(15(8)38)50-27-20(43)22(11(5-36)47-27)49-25-12(32)18(41)16(39)9(3-30)45-25/h6-22,24-26,36-44H,1-5,30-34H2,(H,35,45);6-23,25-27,35-43H,1-5,29-33H2,(H,34,44)/t6-,7+,8-,9+,10+,11+,12+,13-,14+,15+,16+,17+,18+,19+,20+,21+,22+,24+,25+,26-;6-,7-,8+,9-,10+,11+,12+,13+,14?,15-,16+,17+,18+,19+,20+,21+,22+,23+,25+,26+,27-/m00/s1. The van der Waals surface area contributed by atoms with E-state index in [-0.39, 0.29) is 19.5 Å². The number of amides is 2. The van der Waals surface area contributed by atoms with Crippen LogP contribution in [0.15, 0.2) is 0 Å². The third kappa shape index (κ3) is 18.8. The summed E-state index contributed by atoms with van der Waals surface area (Å²) in [6.45, 7) is -5.66. The highest BCUT2D eigenvalue weighted by Crippen LogP contribution is 2.38. The number of hydrogen-bond donors (Lipinski definition) is 30. The van der Waals surface area contributed by atoms with Gasteiger partial charge >= 0.3 is 0 Å². The second-order valence-corrected chi connectivity index (χ2v) is 25.9. The molecular formula is C54H101F3N12O32. The Labute approximate surface area is 572 Å². The number of ether oxygens (including phenoxy) is 12. The van der Waals surface area contributed by atoms with Crippen LogP contribution < -0.4 is 68.0 Å². The van der Waals surface area contributed by atoms with Gasteiger partial charge in [-0.3, -0.25) is 9.59 Å². The van der Waals surface area contributed by atoms with E-state index in [9.17, 15) is 115 Å². The lowest BCUT2D eigenvalue weighted by atomic mass is 9.83. The zero-order valence-corrected chi connectivity index (χ0v) is 53.9. The lowest BCUT2D eigenvalue weighted by Crippen LogP contribution is -2.69. The molecule has 6 aliphatic heterocycles. The van der Waals surface area contributed by atoms with Crippen LogP contribution in [0.3, 0.4) is 0 Å². The topological polar surface area (TPSA) is 793 Å². The van der Waals surface area contributed by atoms with E-state index in [1.807, 2.05) is 0 Å². The van der Waals surface area contributed by atoms with Crippen molar-refractivity contribution < 1.29 is 172 Å². The molecule has 0 bridgehead atoms. The Morgan fingerprint density at radius 3 is 1.00 bits per heavy atom. The monoisotopic (exact) mass is 1490 g/mol. The average Bonchev–Trinajstić information content (AvgIpc) is 1.77. The van der Waals surface area contributed by atoms with Gasteiger partial charge in [0.1, 0.15) is 153 Å². The normalized spacial score (nSPS) is 47.8. The minimum atomic E-state index is -4.05. The smallest absolute Gasteiger partial charge is 0.294 e. The largest absolute Gasteiger partial charge is 0.394 e. The first-order chi connectivity index (χ1) is 47.5. The molecule has 1 unspecified atom stereocenters. The number of carbonyl (C=O) groups is 2. The van der Waals surface area contributed by atoms with Gasteiger partial charge in [0.05, 0.1) is 69.2 Å². The molecule has 0 radical (unpaired) electrons. The molecular weight excluding hydrogens is 1390 g/mol. The predicted octanol–water partition coefficient (Wildman–Crippen LogP) is -19.8. The maximum absolute atomic E-state index is 14.0. The Bertz CT molecular complexity index is 2560. The lowest BCUT2D eigenvalue weighted by Gasteiger charge is -2.48. The van der Waals surface area contributed by atoms with Crippen molar-refractivity contribution >= 4 is 11.8 Å². The van der Waals surface area contributed by atoms with Crippen LogP contribution in [0, 0.1) is 0 Å². The number of nitrogens with two attached hydrogens (primary N) is 10. The molecule has 0 aromatic rings. The maximum atomic E-state index is 14.0. The number of aliphatic hydroxyl groups is 18. The maximum Gasteiger partial charge on any atom is 0.294 e. The van der Waals surface area contributed by atoms with E-state index in [0.717, 1.165) is 0 Å². The first-order valence-electron chi connectivity index (χ1n) is 32.3. The van der Waals surface area contributed by atoms with Crippen molar-refractivity contribution in [3.05, 3.63) is 0 Å². The zero-order chi connectivity index (χ0) is 75.3. The second kappa shape index (κ2) is 36.8. The first-order valence-corrected chi connectivity index (χ1v) is 32.3. The fraction of sp³-hybridized carbons (Fsp3) is 0.963. The molecule has 2 saturated carbocycles. The van der Waals surface area contributed by atoms with Crippen molar-refractivity contribution in [2.24, 2.45) is 57.3 Å². The van der Waals surface area contributed by atoms with E-state index in [4.69, 9.17) is 114 Å². The summed E-state index contributed by atoms with van der Waals surface area (Å²) in [5.41, 5.74) is 58.1. The molecule has 40 N–H and O–H groups in total. The van der Waals surface area contributed by atoms with E-state index < -0.39 is 315 Å². The molecule has 6 heterocycles. The molecule has 6 saturated heterocycles. The number of aliphatic hydroxyl groups excluding tert-OH is 18. The van der Waals surface area contributed by atoms with Crippen molar-refractivity contribution in [2.45, 2.75) is 270 Å². The molecule has 44 nitrogen and oxygen atoms in total. The van der Waals surface area contributed by atoms with Crippen LogP contribution in [0.2, 0.25) is 0 Å². The van der Waals surface area contributed by atoms with Crippen LogP contribution in [-0.2, 0) is 66.4 Å². The van der Waals surface area contributed by atoms with Gasteiger partial charge < -0.3 is 217 Å². The summed E-state index contributed by atoms with van der Waals surface area (Å²) in [7, 11) is 0. The Balaban J connectivity index is 0.000000283. The second-order valence-electron chi connectivity index (χ2n) is 25.9. The van der Waals surface area contributed by atoms with E-state index in [0.29, 0.717) is 0 Å². The average molecular weight is 1490 g/mol. The highest BCUT2D eigenvalue weighted by Gasteiger charge is 2.59. The molecule has 0 spiro atoms. The van der Waals surface area contributed by atoms with Gasteiger partial charge in [-0.15, -0.1) is 0 Å². The van der Waals surface area contributed by atoms with E-state index in [2.05, 4.69) is 10.6 Å². The van der Waals surface area contributed by atoms with Crippen molar-refractivity contribution in [1.29, 1.82) is 0 Å².